The molecule has 1 aliphatic heterocycles. The fraction of sp³-hybridized carbons (Fsp3) is 0. The first-order valence-corrected chi connectivity index (χ1v) is 6.76. The Morgan fingerprint density at radius 3 is 2.25 bits per heavy atom. The fourth-order valence-electron chi connectivity index (χ4n) is 2.40. The van der Waals surface area contributed by atoms with Crippen molar-refractivity contribution in [1.29, 1.82) is 0 Å². The van der Waals surface area contributed by atoms with Crippen LogP contribution in [0.15, 0.2) is 36.4 Å². The Labute approximate surface area is 132 Å². The van der Waals surface area contributed by atoms with Crippen LogP contribution in [-0.2, 0) is 4.84 Å². The molecule has 4 rings (SSSR count). The number of amides is 2. The number of benzene rings is 2. The van der Waals surface area contributed by atoms with E-state index in [1.807, 2.05) is 0 Å². The molecule has 0 saturated heterocycles. The van der Waals surface area contributed by atoms with Gasteiger partial charge in [0.05, 0.1) is 11.1 Å². The Morgan fingerprint density at radius 2 is 1.62 bits per heavy atom. The quantitative estimate of drug-likeness (QED) is 0.715. The van der Waals surface area contributed by atoms with Crippen molar-refractivity contribution in [3.63, 3.8) is 0 Å². The first-order valence-electron chi connectivity index (χ1n) is 6.76. The summed E-state index contributed by atoms with van der Waals surface area (Å²) in [5, 5.41) is 10.0. The van der Waals surface area contributed by atoms with Crippen LogP contribution in [-0.4, -0.2) is 38.3 Å². The second-order valence-corrected chi connectivity index (χ2v) is 4.97. The van der Waals surface area contributed by atoms with E-state index in [4.69, 9.17) is 4.84 Å². The predicted octanol–water partition coefficient (Wildman–Crippen LogP) is 1.46. The van der Waals surface area contributed by atoms with Crippen LogP contribution in [0.1, 0.15) is 31.1 Å². The van der Waals surface area contributed by atoms with Crippen LogP contribution in [0.3, 0.4) is 0 Å². The van der Waals surface area contributed by atoms with E-state index in [2.05, 4.69) is 15.4 Å². The molecule has 9 heteroatoms. The average Bonchev–Trinajstić information content (AvgIpc) is 3.12. The second-order valence-electron chi connectivity index (χ2n) is 4.97. The Kier molecular flexibility index (Phi) is 2.89. The highest BCUT2D eigenvalue weighted by Crippen LogP contribution is 2.24. The molecule has 2 aromatic carbocycles. The van der Waals surface area contributed by atoms with E-state index < -0.39 is 29.2 Å². The van der Waals surface area contributed by atoms with Crippen molar-refractivity contribution in [2.45, 2.75) is 0 Å². The van der Waals surface area contributed by atoms with Gasteiger partial charge in [-0.05, 0) is 18.2 Å². The molecule has 0 fully saturated rings. The summed E-state index contributed by atoms with van der Waals surface area (Å²) in [6, 6.07) is 8.14. The molecule has 24 heavy (non-hydrogen) atoms. The van der Waals surface area contributed by atoms with Crippen molar-refractivity contribution in [2.24, 2.45) is 0 Å². The predicted molar refractivity (Wildman–Crippen MR) is 76.2 cm³/mol. The lowest BCUT2D eigenvalue weighted by molar-refractivity contribution is -0.0587. The molecule has 3 aromatic rings. The molecule has 118 valence electrons. The maximum Gasteiger partial charge on any atom is 0.366 e. The fourth-order valence-corrected chi connectivity index (χ4v) is 2.40. The van der Waals surface area contributed by atoms with E-state index in [-0.39, 0.29) is 22.2 Å². The third-order valence-electron chi connectivity index (χ3n) is 3.56. The highest BCUT2D eigenvalue weighted by molar-refractivity contribution is 6.21. The zero-order chi connectivity index (χ0) is 16.8. The summed E-state index contributed by atoms with van der Waals surface area (Å²) in [4.78, 5) is 41.2. The molecule has 8 nitrogen and oxygen atoms in total. The smallest absolute Gasteiger partial charge is 0.324 e. The Bertz CT molecular complexity index is 994. The summed E-state index contributed by atoms with van der Waals surface area (Å²) in [5.41, 5.74) is 0.230. The van der Waals surface area contributed by atoms with E-state index in [0.29, 0.717) is 5.06 Å². The molecule has 2 amide bonds. The number of carbonyl (C=O) groups is 3. The third kappa shape index (κ3) is 1.95. The Balaban J connectivity index is 1.66. The molecule has 0 unspecified atom stereocenters. The van der Waals surface area contributed by atoms with Gasteiger partial charge in [0.1, 0.15) is 22.4 Å². The number of fused-ring (bicyclic) bond motifs is 2. The van der Waals surface area contributed by atoms with Crippen molar-refractivity contribution in [3.8, 4) is 0 Å². The van der Waals surface area contributed by atoms with Gasteiger partial charge in [0.2, 0.25) is 0 Å². The van der Waals surface area contributed by atoms with E-state index in [1.54, 1.807) is 12.1 Å². The standard InChI is InChI=1S/C15H7FN4O4/c16-10-6-12-11(17-19-18-12)5-9(10)15(23)24-20-13(21)7-3-1-2-4-8(7)14(20)22/h1-6H,(H,17,18,19). The van der Waals surface area contributed by atoms with Crippen LogP contribution >= 0.6 is 0 Å². The maximum atomic E-state index is 14.0. The number of aromatic amines is 1. The van der Waals surface area contributed by atoms with Crippen LogP contribution in [0, 0.1) is 5.82 Å². The molecule has 0 spiro atoms. The molecule has 0 atom stereocenters. The number of carbonyl (C=O) groups excluding carboxylic acids is 3. The van der Waals surface area contributed by atoms with Gasteiger partial charge >= 0.3 is 5.97 Å². The van der Waals surface area contributed by atoms with E-state index in [0.717, 1.165) is 12.1 Å². The number of H-pyrrole nitrogens is 1. The summed E-state index contributed by atoms with van der Waals surface area (Å²) in [6.45, 7) is 0. The highest BCUT2D eigenvalue weighted by atomic mass is 19.1. The van der Waals surface area contributed by atoms with Crippen LogP contribution in [0.25, 0.3) is 11.0 Å². The Hall–Kier alpha value is -3.62. The molecule has 2 heterocycles. The van der Waals surface area contributed by atoms with Gasteiger partial charge in [-0.1, -0.05) is 17.2 Å². The number of nitrogens with zero attached hydrogens (tertiary/aromatic N) is 3. The molecule has 1 aliphatic rings. The van der Waals surface area contributed by atoms with Crippen LogP contribution in [0.4, 0.5) is 4.39 Å². The van der Waals surface area contributed by atoms with Gasteiger partial charge in [0.15, 0.2) is 0 Å². The minimum absolute atomic E-state index is 0.114. The molecule has 0 bridgehead atoms. The topological polar surface area (TPSA) is 105 Å². The number of hydrogen-bond acceptors (Lipinski definition) is 6. The molecule has 1 N–H and O–H groups in total. The van der Waals surface area contributed by atoms with Gasteiger partial charge in [0.25, 0.3) is 11.8 Å². The van der Waals surface area contributed by atoms with Crippen molar-refractivity contribution < 1.29 is 23.6 Å². The molecule has 1 aromatic heterocycles. The number of halogens is 1. The molecule has 0 radical (unpaired) electrons. The highest BCUT2D eigenvalue weighted by Gasteiger charge is 2.39. The van der Waals surface area contributed by atoms with Crippen LogP contribution in [0.2, 0.25) is 0 Å². The lowest BCUT2D eigenvalue weighted by atomic mass is 10.1. The summed E-state index contributed by atoms with van der Waals surface area (Å²) in [6.07, 6.45) is 0. The Morgan fingerprint density at radius 1 is 1.04 bits per heavy atom. The number of nitrogens with one attached hydrogen (secondary N) is 1. The average molecular weight is 326 g/mol. The minimum Gasteiger partial charge on any atom is -0.324 e. The molecule has 0 saturated carbocycles. The molecular weight excluding hydrogens is 319 g/mol. The zero-order valence-corrected chi connectivity index (χ0v) is 11.8. The lowest BCUT2D eigenvalue weighted by Gasteiger charge is -2.12. The van der Waals surface area contributed by atoms with Crippen LogP contribution < -0.4 is 0 Å². The zero-order valence-electron chi connectivity index (χ0n) is 11.8. The summed E-state index contributed by atoms with van der Waals surface area (Å²) >= 11 is 0. The molecular formula is C15H7FN4O4. The van der Waals surface area contributed by atoms with E-state index >= 15 is 0 Å². The second kappa shape index (κ2) is 4.95. The van der Waals surface area contributed by atoms with Crippen molar-refractivity contribution in [3.05, 3.63) is 58.9 Å². The molecule has 0 aliphatic carbocycles. The number of rotatable bonds is 2. The van der Waals surface area contributed by atoms with Gasteiger partial charge < -0.3 is 4.84 Å². The number of hydroxylamine groups is 2. The van der Waals surface area contributed by atoms with Crippen molar-refractivity contribution >= 4 is 28.8 Å². The normalized spacial score (nSPS) is 13.5. The van der Waals surface area contributed by atoms with Gasteiger partial charge in [-0.25, -0.2) is 9.18 Å². The minimum atomic E-state index is -1.19. The first-order chi connectivity index (χ1) is 11.6. The number of hydrogen-bond donors (Lipinski definition) is 1. The largest absolute Gasteiger partial charge is 0.366 e. The van der Waals surface area contributed by atoms with Crippen LogP contribution in [0.5, 0.6) is 0 Å². The van der Waals surface area contributed by atoms with Gasteiger partial charge in [-0.3, -0.25) is 9.59 Å². The van der Waals surface area contributed by atoms with E-state index in [9.17, 15) is 18.8 Å². The van der Waals surface area contributed by atoms with Crippen molar-refractivity contribution in [1.82, 2.24) is 20.5 Å². The summed E-state index contributed by atoms with van der Waals surface area (Å²) in [5.74, 6) is -3.66. The third-order valence-corrected chi connectivity index (χ3v) is 3.56. The monoisotopic (exact) mass is 326 g/mol. The summed E-state index contributed by atoms with van der Waals surface area (Å²) in [7, 11) is 0. The van der Waals surface area contributed by atoms with Gasteiger partial charge in [-0.15, -0.1) is 0 Å². The maximum absolute atomic E-state index is 14.0. The van der Waals surface area contributed by atoms with Crippen molar-refractivity contribution in [2.75, 3.05) is 0 Å². The van der Waals surface area contributed by atoms with Gasteiger partial charge in [-0.2, -0.15) is 15.4 Å². The SMILES string of the molecule is O=C(ON1C(=O)c2ccccc2C1=O)c1cc2n[nH]nc2cc1F. The number of imide groups is 1. The summed E-state index contributed by atoms with van der Waals surface area (Å²) < 4.78 is 14.0. The first kappa shape index (κ1) is 14.0. The van der Waals surface area contributed by atoms with Gasteiger partial charge in [0, 0.05) is 6.07 Å². The lowest BCUT2D eigenvalue weighted by Crippen LogP contribution is -2.33. The number of aromatic nitrogens is 3. The van der Waals surface area contributed by atoms with E-state index in [1.165, 1.54) is 12.1 Å².